The summed E-state index contributed by atoms with van der Waals surface area (Å²) in [6.45, 7) is 6.12. The molecule has 0 spiro atoms. The normalized spacial score (nSPS) is 41.1. The van der Waals surface area contributed by atoms with Crippen molar-refractivity contribution < 1.29 is 0 Å². The van der Waals surface area contributed by atoms with Crippen molar-refractivity contribution in [3.63, 3.8) is 0 Å². The number of hydrogen-bond donors (Lipinski definition) is 0. The van der Waals surface area contributed by atoms with Gasteiger partial charge in [-0.2, -0.15) is 0 Å². The Hall–Kier alpha value is 0.690. The highest BCUT2D eigenvalue weighted by Gasteiger charge is 2.42. The van der Waals surface area contributed by atoms with E-state index >= 15 is 0 Å². The lowest BCUT2D eigenvalue weighted by molar-refractivity contribution is 0.223. The van der Waals surface area contributed by atoms with Gasteiger partial charge in [-0.05, 0) is 30.6 Å². The summed E-state index contributed by atoms with van der Waals surface area (Å²) < 4.78 is 2.59. The lowest BCUT2D eigenvalue weighted by atomic mass is 9.76. The highest BCUT2D eigenvalue weighted by molar-refractivity contribution is 14.1. The Morgan fingerprint density at radius 1 is 1.23 bits per heavy atom. The third kappa shape index (κ3) is 1.89. The van der Waals surface area contributed by atoms with E-state index in [0.29, 0.717) is 0 Å². The quantitative estimate of drug-likeness (QED) is 0.528. The predicted molar refractivity (Wildman–Crippen MR) is 64.8 cm³/mol. The van der Waals surface area contributed by atoms with Crippen LogP contribution in [0.3, 0.4) is 0 Å². The van der Waals surface area contributed by atoms with Crippen LogP contribution in [-0.2, 0) is 0 Å². The molecule has 0 aromatic rings. The van der Waals surface area contributed by atoms with Crippen molar-refractivity contribution in [2.45, 2.75) is 45.6 Å². The van der Waals surface area contributed by atoms with E-state index in [9.17, 15) is 0 Å². The molecule has 13 heavy (non-hydrogen) atoms. The summed E-state index contributed by atoms with van der Waals surface area (Å²) in [5.41, 5.74) is 0. The molecule has 2 fully saturated rings. The van der Waals surface area contributed by atoms with Crippen LogP contribution in [0.25, 0.3) is 0 Å². The second-order valence-corrected chi connectivity index (χ2v) is 6.26. The van der Waals surface area contributed by atoms with Crippen molar-refractivity contribution in [3.8, 4) is 0 Å². The topological polar surface area (TPSA) is 3.24 Å². The average molecular weight is 293 g/mol. The predicted octanol–water partition coefficient (Wildman–Crippen LogP) is 3.48. The molecule has 2 heteroatoms. The van der Waals surface area contributed by atoms with Crippen molar-refractivity contribution in [2.75, 3.05) is 6.54 Å². The second-order valence-electron chi connectivity index (χ2n) is 5.03. The lowest BCUT2D eigenvalue weighted by Gasteiger charge is -2.31. The fraction of sp³-hybridized carbons (Fsp3) is 1.00. The summed E-state index contributed by atoms with van der Waals surface area (Å²) in [5, 5.41) is 0. The zero-order chi connectivity index (χ0) is 9.42. The standard InChI is InChI=1S/C11H20IN/c1-8(2)11-10-6-4-3-5-9(10)7-13(11)12/h8-11H,3-7H2,1-2H3. The summed E-state index contributed by atoms with van der Waals surface area (Å²) in [4.78, 5) is 0. The van der Waals surface area contributed by atoms with E-state index in [1.165, 1.54) is 32.2 Å². The summed E-state index contributed by atoms with van der Waals surface area (Å²) in [6, 6.07) is 0.867. The second kappa shape index (κ2) is 4.05. The zero-order valence-corrected chi connectivity index (χ0v) is 10.8. The Labute approximate surface area is 95.8 Å². The van der Waals surface area contributed by atoms with Crippen molar-refractivity contribution in [1.29, 1.82) is 0 Å². The van der Waals surface area contributed by atoms with Crippen LogP contribution in [0.15, 0.2) is 0 Å². The van der Waals surface area contributed by atoms with Gasteiger partial charge in [-0.15, -0.1) is 0 Å². The first kappa shape index (κ1) is 10.2. The van der Waals surface area contributed by atoms with Crippen LogP contribution in [0.1, 0.15) is 39.5 Å². The smallest absolute Gasteiger partial charge is 0.0248 e. The minimum atomic E-state index is 0.838. The molecule has 3 atom stereocenters. The Balaban J connectivity index is 2.09. The zero-order valence-electron chi connectivity index (χ0n) is 8.67. The summed E-state index contributed by atoms with van der Waals surface area (Å²) in [6.07, 6.45) is 5.95. The molecule has 0 radical (unpaired) electrons. The van der Waals surface area contributed by atoms with Crippen LogP contribution in [0, 0.1) is 17.8 Å². The number of hydrogen-bond acceptors (Lipinski definition) is 1. The van der Waals surface area contributed by atoms with E-state index in [-0.39, 0.29) is 0 Å². The Bertz CT molecular complexity index is 181. The number of halogens is 1. The number of rotatable bonds is 1. The van der Waals surface area contributed by atoms with Gasteiger partial charge in [-0.3, -0.25) is 0 Å². The van der Waals surface area contributed by atoms with Gasteiger partial charge in [0.2, 0.25) is 0 Å². The summed E-state index contributed by atoms with van der Waals surface area (Å²) >= 11 is 2.55. The molecule has 0 amide bonds. The molecule has 0 bridgehead atoms. The van der Waals surface area contributed by atoms with E-state index in [4.69, 9.17) is 0 Å². The van der Waals surface area contributed by atoms with E-state index in [0.717, 1.165) is 23.8 Å². The minimum absolute atomic E-state index is 0.838. The van der Waals surface area contributed by atoms with Crippen LogP contribution < -0.4 is 0 Å². The molecular formula is C11H20IN. The number of nitrogens with zero attached hydrogens (tertiary/aromatic N) is 1. The molecule has 3 unspecified atom stereocenters. The van der Waals surface area contributed by atoms with Gasteiger partial charge < -0.3 is 0 Å². The van der Waals surface area contributed by atoms with Gasteiger partial charge in [0.25, 0.3) is 0 Å². The van der Waals surface area contributed by atoms with E-state index in [2.05, 4.69) is 39.8 Å². The summed E-state index contributed by atoms with van der Waals surface area (Å²) in [7, 11) is 0. The maximum Gasteiger partial charge on any atom is 0.0248 e. The summed E-state index contributed by atoms with van der Waals surface area (Å²) in [5.74, 6) is 2.88. The van der Waals surface area contributed by atoms with Gasteiger partial charge in [-0.1, -0.05) is 26.7 Å². The molecule has 1 saturated heterocycles. The van der Waals surface area contributed by atoms with Crippen molar-refractivity contribution in [3.05, 3.63) is 0 Å². The molecule has 1 heterocycles. The van der Waals surface area contributed by atoms with E-state index < -0.39 is 0 Å². The maximum atomic E-state index is 2.59. The average Bonchev–Trinajstić information content (AvgIpc) is 2.39. The molecule has 2 aliphatic rings. The first-order valence-corrected chi connectivity index (χ1v) is 6.59. The van der Waals surface area contributed by atoms with Crippen molar-refractivity contribution in [1.82, 2.24) is 3.11 Å². The molecule has 76 valence electrons. The third-order valence-corrected chi connectivity index (χ3v) is 4.86. The molecule has 0 aromatic heterocycles. The van der Waals surface area contributed by atoms with Gasteiger partial charge in [0.1, 0.15) is 0 Å². The van der Waals surface area contributed by atoms with Gasteiger partial charge >= 0.3 is 0 Å². The highest BCUT2D eigenvalue weighted by atomic mass is 127. The molecule has 0 N–H and O–H groups in total. The van der Waals surface area contributed by atoms with E-state index in [1.54, 1.807) is 0 Å². The van der Waals surface area contributed by atoms with Crippen LogP contribution >= 0.6 is 22.9 Å². The van der Waals surface area contributed by atoms with Crippen molar-refractivity contribution in [2.24, 2.45) is 17.8 Å². The van der Waals surface area contributed by atoms with Crippen LogP contribution in [0.2, 0.25) is 0 Å². The monoisotopic (exact) mass is 293 g/mol. The Morgan fingerprint density at radius 2 is 1.92 bits per heavy atom. The number of fused-ring (bicyclic) bond motifs is 1. The lowest BCUT2D eigenvalue weighted by Crippen LogP contribution is -2.32. The van der Waals surface area contributed by atoms with Crippen LogP contribution in [0.5, 0.6) is 0 Å². The van der Waals surface area contributed by atoms with Crippen LogP contribution in [-0.4, -0.2) is 15.7 Å². The molecular weight excluding hydrogens is 273 g/mol. The molecule has 0 aromatic carbocycles. The molecule has 1 saturated carbocycles. The Morgan fingerprint density at radius 3 is 2.62 bits per heavy atom. The maximum absolute atomic E-state index is 2.59. The molecule has 1 aliphatic heterocycles. The Kier molecular flexibility index (Phi) is 3.18. The van der Waals surface area contributed by atoms with Crippen LogP contribution in [0.4, 0.5) is 0 Å². The first-order valence-electron chi connectivity index (χ1n) is 5.62. The van der Waals surface area contributed by atoms with E-state index in [1.807, 2.05) is 0 Å². The fourth-order valence-electron chi connectivity index (χ4n) is 3.28. The minimum Gasteiger partial charge on any atom is -0.244 e. The largest absolute Gasteiger partial charge is 0.244 e. The molecule has 1 aliphatic carbocycles. The van der Waals surface area contributed by atoms with Crippen molar-refractivity contribution >= 4 is 22.9 Å². The fourth-order valence-corrected chi connectivity index (χ4v) is 4.85. The molecule has 2 rings (SSSR count). The first-order chi connectivity index (χ1) is 6.20. The SMILES string of the molecule is CC(C)C1C2CCCCC2CN1I. The highest BCUT2D eigenvalue weighted by Crippen LogP contribution is 2.44. The van der Waals surface area contributed by atoms with Gasteiger partial charge in [0.05, 0.1) is 0 Å². The third-order valence-electron chi connectivity index (χ3n) is 3.82. The van der Waals surface area contributed by atoms with Gasteiger partial charge in [0, 0.05) is 35.5 Å². The van der Waals surface area contributed by atoms with Gasteiger partial charge in [0.15, 0.2) is 0 Å². The van der Waals surface area contributed by atoms with Gasteiger partial charge in [-0.25, -0.2) is 3.11 Å². The molecule has 1 nitrogen and oxygen atoms in total.